The highest BCUT2D eigenvalue weighted by Gasteiger charge is 2.35. The van der Waals surface area contributed by atoms with Crippen molar-refractivity contribution >= 4 is 27.3 Å². The van der Waals surface area contributed by atoms with Gasteiger partial charge in [-0.15, -0.1) is 11.3 Å². The van der Waals surface area contributed by atoms with Gasteiger partial charge in [0.05, 0.1) is 6.04 Å². The zero-order chi connectivity index (χ0) is 15.6. The van der Waals surface area contributed by atoms with Gasteiger partial charge in [-0.3, -0.25) is 0 Å². The molecule has 8 heteroatoms. The molecule has 0 aliphatic carbocycles. The highest BCUT2D eigenvalue weighted by Crippen LogP contribution is 2.36. The summed E-state index contributed by atoms with van der Waals surface area (Å²) in [4.78, 5) is 3.80. The molecule has 1 aromatic carbocycles. The molecule has 1 heterocycles. The molecule has 0 aliphatic heterocycles. The molecule has 1 aromatic heterocycles. The number of hydrogen-bond acceptors (Lipinski definition) is 3. The second-order valence-corrected chi connectivity index (χ2v) is 6.24. The number of halogens is 5. The van der Waals surface area contributed by atoms with Gasteiger partial charge in [0.25, 0.3) is 0 Å². The van der Waals surface area contributed by atoms with Crippen LogP contribution in [0.25, 0.3) is 0 Å². The molecule has 0 aliphatic rings. The summed E-state index contributed by atoms with van der Waals surface area (Å²) in [5, 5.41) is 2.14. The number of nitrogens with one attached hydrogen (secondary N) is 1. The van der Waals surface area contributed by atoms with Crippen LogP contribution in [0.5, 0.6) is 0 Å². The monoisotopic (exact) mass is 382 g/mol. The van der Waals surface area contributed by atoms with Crippen molar-refractivity contribution in [1.29, 1.82) is 0 Å². The first-order chi connectivity index (χ1) is 9.81. The summed E-state index contributed by atoms with van der Waals surface area (Å²) in [6.07, 6.45) is -3.29. The minimum absolute atomic E-state index is 0.390. The Hall–Kier alpha value is -0.990. The third-order valence-electron chi connectivity index (χ3n) is 2.68. The van der Waals surface area contributed by atoms with Gasteiger partial charge >= 0.3 is 6.18 Å². The average Bonchev–Trinajstić information content (AvgIpc) is 2.83. The summed E-state index contributed by atoms with van der Waals surface area (Å²) < 4.78 is 51.9. The van der Waals surface area contributed by atoms with Crippen molar-refractivity contribution < 1.29 is 17.6 Å². The molecule has 1 unspecified atom stereocenters. The van der Waals surface area contributed by atoms with Gasteiger partial charge in [-0.05, 0) is 30.3 Å². The van der Waals surface area contributed by atoms with Crippen LogP contribution >= 0.6 is 27.3 Å². The van der Waals surface area contributed by atoms with Crippen molar-refractivity contribution in [2.24, 2.45) is 0 Å². The molecular formula is C13H11BrF4N2S. The number of nitrogens with zero attached hydrogens (tertiary/aromatic N) is 1. The first-order valence-corrected chi connectivity index (χ1v) is 7.64. The molecule has 0 bridgehead atoms. The highest BCUT2D eigenvalue weighted by molar-refractivity contribution is 9.10. The third-order valence-corrected chi connectivity index (χ3v) is 4.24. The van der Waals surface area contributed by atoms with Crippen LogP contribution in [-0.4, -0.2) is 11.5 Å². The second-order valence-electron chi connectivity index (χ2n) is 4.26. The SMILES string of the molecule is CCNC(c1cc(F)cc(Br)c1)c1cnc(C(F)(F)F)s1. The molecular weight excluding hydrogens is 372 g/mol. The Morgan fingerprint density at radius 3 is 2.57 bits per heavy atom. The molecule has 0 fully saturated rings. The number of benzene rings is 1. The first-order valence-electron chi connectivity index (χ1n) is 6.03. The smallest absolute Gasteiger partial charge is 0.306 e. The van der Waals surface area contributed by atoms with E-state index < -0.39 is 23.0 Å². The fraction of sp³-hybridized carbons (Fsp3) is 0.308. The van der Waals surface area contributed by atoms with Gasteiger partial charge in [0, 0.05) is 15.5 Å². The third kappa shape index (κ3) is 4.02. The van der Waals surface area contributed by atoms with Gasteiger partial charge in [-0.2, -0.15) is 13.2 Å². The molecule has 21 heavy (non-hydrogen) atoms. The number of rotatable bonds is 4. The number of alkyl halides is 3. The maximum absolute atomic E-state index is 13.5. The van der Waals surface area contributed by atoms with Crippen LogP contribution < -0.4 is 5.32 Å². The Bertz CT molecular complexity index is 607. The fourth-order valence-electron chi connectivity index (χ4n) is 1.88. The van der Waals surface area contributed by atoms with Crippen molar-refractivity contribution in [3.8, 4) is 0 Å². The average molecular weight is 383 g/mol. The maximum Gasteiger partial charge on any atom is 0.443 e. The van der Waals surface area contributed by atoms with Gasteiger partial charge in [-0.1, -0.05) is 22.9 Å². The molecule has 0 amide bonds. The van der Waals surface area contributed by atoms with Crippen LogP contribution in [0.1, 0.15) is 28.4 Å². The van der Waals surface area contributed by atoms with Crippen LogP contribution in [0.4, 0.5) is 17.6 Å². The van der Waals surface area contributed by atoms with Gasteiger partial charge in [0.15, 0.2) is 5.01 Å². The number of hydrogen-bond donors (Lipinski definition) is 1. The number of aromatic nitrogens is 1. The van der Waals surface area contributed by atoms with Crippen molar-refractivity contribution in [3.05, 3.63) is 50.1 Å². The van der Waals surface area contributed by atoms with E-state index in [9.17, 15) is 17.6 Å². The summed E-state index contributed by atoms with van der Waals surface area (Å²) in [7, 11) is 0. The highest BCUT2D eigenvalue weighted by atomic mass is 79.9. The molecule has 0 saturated carbocycles. The Labute approximate surface area is 131 Å². The summed E-state index contributed by atoms with van der Waals surface area (Å²) >= 11 is 3.74. The second kappa shape index (κ2) is 6.41. The summed E-state index contributed by atoms with van der Waals surface area (Å²) in [5.41, 5.74) is 0.543. The lowest BCUT2D eigenvalue weighted by atomic mass is 10.1. The van der Waals surface area contributed by atoms with E-state index in [0.717, 1.165) is 0 Å². The molecule has 2 rings (SSSR count). The standard InChI is InChI=1S/C13H11BrF4N2S/c1-2-19-11(7-3-8(14)5-9(15)4-7)10-6-20-12(21-10)13(16,17)18/h3-6,11,19H,2H2,1H3. The van der Waals surface area contributed by atoms with Crippen LogP contribution in [-0.2, 0) is 6.18 Å². The summed E-state index contributed by atoms with van der Waals surface area (Å²) in [5.74, 6) is -0.456. The lowest BCUT2D eigenvalue weighted by molar-refractivity contribution is -0.137. The number of thiazole rings is 1. The minimum atomic E-state index is -4.47. The molecule has 114 valence electrons. The van der Waals surface area contributed by atoms with E-state index in [1.54, 1.807) is 6.07 Å². The lowest BCUT2D eigenvalue weighted by Crippen LogP contribution is -2.21. The minimum Gasteiger partial charge on any atom is -0.306 e. The summed E-state index contributed by atoms with van der Waals surface area (Å²) in [6, 6.07) is 3.73. The molecule has 1 atom stereocenters. The lowest BCUT2D eigenvalue weighted by Gasteiger charge is -2.17. The molecule has 1 N–H and O–H groups in total. The molecule has 0 spiro atoms. The van der Waals surface area contributed by atoms with Gasteiger partial charge < -0.3 is 5.32 Å². The zero-order valence-electron chi connectivity index (χ0n) is 10.8. The van der Waals surface area contributed by atoms with E-state index in [1.807, 2.05) is 6.92 Å². The van der Waals surface area contributed by atoms with Crippen molar-refractivity contribution in [2.75, 3.05) is 6.54 Å². The van der Waals surface area contributed by atoms with Crippen LogP contribution in [0.15, 0.2) is 28.9 Å². The van der Waals surface area contributed by atoms with Crippen LogP contribution in [0, 0.1) is 5.82 Å². The predicted octanol–water partition coefficient (Wildman–Crippen LogP) is 4.76. The topological polar surface area (TPSA) is 24.9 Å². The normalized spacial score (nSPS) is 13.4. The Kier molecular flexibility index (Phi) is 5.00. The molecule has 0 saturated heterocycles. The van der Waals surface area contributed by atoms with E-state index in [4.69, 9.17) is 0 Å². The van der Waals surface area contributed by atoms with E-state index in [2.05, 4.69) is 26.2 Å². The molecule has 0 radical (unpaired) electrons. The fourth-order valence-corrected chi connectivity index (χ4v) is 3.25. The quantitative estimate of drug-likeness (QED) is 0.770. The maximum atomic E-state index is 13.5. The van der Waals surface area contributed by atoms with Gasteiger partial charge in [0.1, 0.15) is 5.82 Å². The first kappa shape index (κ1) is 16.4. The van der Waals surface area contributed by atoms with E-state index >= 15 is 0 Å². The molecule has 2 aromatic rings. The Morgan fingerprint density at radius 2 is 2.05 bits per heavy atom. The van der Waals surface area contributed by atoms with Gasteiger partial charge in [-0.25, -0.2) is 9.37 Å². The van der Waals surface area contributed by atoms with Crippen molar-refractivity contribution in [2.45, 2.75) is 19.1 Å². The summed E-state index contributed by atoms with van der Waals surface area (Å²) in [6.45, 7) is 2.35. The Balaban J connectivity index is 2.41. The van der Waals surface area contributed by atoms with Crippen LogP contribution in [0.2, 0.25) is 0 Å². The van der Waals surface area contributed by atoms with E-state index in [1.165, 1.54) is 18.3 Å². The van der Waals surface area contributed by atoms with Gasteiger partial charge in [0.2, 0.25) is 0 Å². The zero-order valence-corrected chi connectivity index (χ0v) is 13.2. The van der Waals surface area contributed by atoms with E-state index in [0.29, 0.717) is 32.8 Å². The largest absolute Gasteiger partial charge is 0.443 e. The van der Waals surface area contributed by atoms with Crippen LogP contribution in [0.3, 0.4) is 0 Å². The predicted molar refractivity (Wildman–Crippen MR) is 76.7 cm³/mol. The van der Waals surface area contributed by atoms with E-state index in [-0.39, 0.29) is 0 Å². The van der Waals surface area contributed by atoms with Crippen molar-refractivity contribution in [1.82, 2.24) is 10.3 Å². The van der Waals surface area contributed by atoms with Crippen molar-refractivity contribution in [3.63, 3.8) is 0 Å². The molecule has 2 nitrogen and oxygen atoms in total. The Morgan fingerprint density at radius 1 is 1.33 bits per heavy atom.